The molecular weight excluding hydrogens is 432 g/mol. The van der Waals surface area contributed by atoms with Crippen molar-refractivity contribution in [3.8, 4) is 0 Å². The van der Waals surface area contributed by atoms with Crippen LogP contribution in [-0.4, -0.2) is 51.3 Å². The minimum absolute atomic E-state index is 0.110. The van der Waals surface area contributed by atoms with E-state index in [4.69, 9.17) is 4.74 Å². The SMILES string of the molecule is Cn1c(=O)c2ccc(C(=O)Nc3ccc4nc(N5CCOCC5)sc4c3)nc2n(C)c1=O. The van der Waals surface area contributed by atoms with E-state index in [0.29, 0.717) is 18.9 Å². The number of fused-ring (bicyclic) bond motifs is 2. The predicted molar refractivity (Wildman–Crippen MR) is 123 cm³/mol. The Bertz CT molecular complexity index is 1480. The fourth-order valence-corrected chi connectivity index (χ4v) is 4.71. The van der Waals surface area contributed by atoms with E-state index in [1.165, 1.54) is 30.8 Å². The Morgan fingerprint density at radius 1 is 1.06 bits per heavy atom. The molecule has 164 valence electrons. The van der Waals surface area contributed by atoms with Crippen LogP contribution in [0.3, 0.4) is 0 Å². The van der Waals surface area contributed by atoms with Crippen LogP contribution in [0.15, 0.2) is 39.9 Å². The number of aromatic nitrogens is 4. The third-order valence-corrected chi connectivity index (χ3v) is 6.53. The quantitative estimate of drug-likeness (QED) is 0.499. The molecule has 0 aliphatic carbocycles. The van der Waals surface area contributed by atoms with Gasteiger partial charge in [0.15, 0.2) is 5.13 Å². The molecule has 4 aromatic rings. The van der Waals surface area contributed by atoms with Crippen molar-refractivity contribution in [2.75, 3.05) is 36.5 Å². The van der Waals surface area contributed by atoms with Crippen molar-refractivity contribution in [3.63, 3.8) is 0 Å². The van der Waals surface area contributed by atoms with Gasteiger partial charge < -0.3 is 15.0 Å². The summed E-state index contributed by atoms with van der Waals surface area (Å²) in [7, 11) is 2.92. The zero-order chi connectivity index (χ0) is 22.4. The first kappa shape index (κ1) is 20.3. The molecule has 1 aliphatic rings. The lowest BCUT2D eigenvalue weighted by atomic mass is 10.2. The molecule has 1 fully saturated rings. The summed E-state index contributed by atoms with van der Waals surface area (Å²) in [5.74, 6) is -0.433. The van der Waals surface area contributed by atoms with Crippen LogP contribution in [0.2, 0.25) is 0 Å². The highest BCUT2D eigenvalue weighted by Crippen LogP contribution is 2.31. The van der Waals surface area contributed by atoms with Crippen molar-refractivity contribution in [1.82, 2.24) is 19.1 Å². The molecule has 1 saturated heterocycles. The number of morpholine rings is 1. The summed E-state index contributed by atoms with van der Waals surface area (Å²) < 4.78 is 8.62. The highest BCUT2D eigenvalue weighted by molar-refractivity contribution is 7.22. The molecule has 1 aromatic carbocycles. The normalized spacial score (nSPS) is 14.2. The number of amides is 1. The molecule has 10 nitrogen and oxygen atoms in total. The first-order valence-corrected chi connectivity index (χ1v) is 10.9. The fourth-order valence-electron chi connectivity index (χ4n) is 3.66. The highest BCUT2D eigenvalue weighted by atomic mass is 32.1. The number of hydrogen-bond donors (Lipinski definition) is 1. The van der Waals surface area contributed by atoms with E-state index in [-0.39, 0.29) is 16.7 Å². The van der Waals surface area contributed by atoms with Crippen molar-refractivity contribution in [1.29, 1.82) is 0 Å². The molecular formula is C21H20N6O4S. The van der Waals surface area contributed by atoms with E-state index in [1.54, 1.807) is 17.4 Å². The van der Waals surface area contributed by atoms with Gasteiger partial charge in [-0.05, 0) is 30.3 Å². The maximum absolute atomic E-state index is 12.8. The summed E-state index contributed by atoms with van der Waals surface area (Å²) in [5.41, 5.74) is 0.801. The molecule has 0 unspecified atom stereocenters. The Morgan fingerprint density at radius 2 is 1.84 bits per heavy atom. The van der Waals surface area contributed by atoms with Gasteiger partial charge in [-0.1, -0.05) is 11.3 Å². The van der Waals surface area contributed by atoms with Gasteiger partial charge in [0.1, 0.15) is 11.3 Å². The Labute approximate surface area is 185 Å². The van der Waals surface area contributed by atoms with Crippen LogP contribution in [0.4, 0.5) is 10.8 Å². The number of hydrogen-bond acceptors (Lipinski definition) is 8. The molecule has 0 spiro atoms. The number of nitrogens with one attached hydrogen (secondary N) is 1. The van der Waals surface area contributed by atoms with E-state index < -0.39 is 17.2 Å². The zero-order valence-corrected chi connectivity index (χ0v) is 18.3. The number of carbonyl (C=O) groups is 1. The molecule has 0 atom stereocenters. The Hall–Kier alpha value is -3.57. The van der Waals surface area contributed by atoms with E-state index in [2.05, 4.69) is 20.2 Å². The Kier molecular flexibility index (Phi) is 4.98. The third-order valence-electron chi connectivity index (χ3n) is 5.45. The lowest BCUT2D eigenvalue weighted by Crippen LogP contribution is -2.37. The second kappa shape index (κ2) is 7.84. The molecule has 0 radical (unpaired) electrons. The summed E-state index contributed by atoms with van der Waals surface area (Å²) in [6, 6.07) is 8.52. The average Bonchev–Trinajstić information content (AvgIpc) is 3.25. The molecule has 1 N–H and O–H groups in total. The summed E-state index contributed by atoms with van der Waals surface area (Å²) in [4.78, 5) is 48.5. The number of rotatable bonds is 3. The van der Waals surface area contributed by atoms with Crippen molar-refractivity contribution in [2.45, 2.75) is 0 Å². The minimum Gasteiger partial charge on any atom is -0.378 e. The van der Waals surface area contributed by atoms with Crippen LogP contribution < -0.4 is 21.5 Å². The number of carbonyl (C=O) groups excluding carboxylic acids is 1. The van der Waals surface area contributed by atoms with E-state index >= 15 is 0 Å². The van der Waals surface area contributed by atoms with Crippen LogP contribution in [-0.2, 0) is 18.8 Å². The lowest BCUT2D eigenvalue weighted by Gasteiger charge is -2.25. The molecule has 5 rings (SSSR count). The molecule has 32 heavy (non-hydrogen) atoms. The number of anilines is 2. The van der Waals surface area contributed by atoms with Gasteiger partial charge in [-0.2, -0.15) is 0 Å². The van der Waals surface area contributed by atoms with E-state index in [0.717, 1.165) is 33.0 Å². The number of aryl methyl sites for hydroxylation is 1. The molecule has 11 heteroatoms. The molecule has 0 bridgehead atoms. The van der Waals surface area contributed by atoms with Gasteiger partial charge in [0.25, 0.3) is 11.5 Å². The maximum atomic E-state index is 12.8. The molecule has 0 saturated carbocycles. The molecule has 1 aliphatic heterocycles. The van der Waals surface area contributed by atoms with Gasteiger partial charge in [-0.15, -0.1) is 0 Å². The lowest BCUT2D eigenvalue weighted by molar-refractivity contribution is 0.102. The van der Waals surface area contributed by atoms with Gasteiger partial charge in [0.2, 0.25) is 0 Å². The Balaban J connectivity index is 1.43. The number of nitrogens with zero attached hydrogens (tertiary/aromatic N) is 5. The van der Waals surface area contributed by atoms with Crippen molar-refractivity contribution < 1.29 is 9.53 Å². The van der Waals surface area contributed by atoms with Gasteiger partial charge >= 0.3 is 5.69 Å². The number of thiazole rings is 1. The van der Waals surface area contributed by atoms with E-state index in [1.807, 2.05) is 12.1 Å². The van der Waals surface area contributed by atoms with Gasteiger partial charge in [0.05, 0.1) is 28.8 Å². The van der Waals surface area contributed by atoms with Crippen LogP contribution in [0.25, 0.3) is 21.3 Å². The van der Waals surface area contributed by atoms with Crippen molar-refractivity contribution in [2.24, 2.45) is 14.1 Å². The van der Waals surface area contributed by atoms with Crippen LogP contribution >= 0.6 is 11.3 Å². The topological polar surface area (TPSA) is 111 Å². The zero-order valence-electron chi connectivity index (χ0n) is 17.5. The van der Waals surface area contributed by atoms with Crippen molar-refractivity contribution >= 4 is 49.3 Å². The van der Waals surface area contributed by atoms with Crippen LogP contribution in [0, 0.1) is 0 Å². The first-order chi connectivity index (χ1) is 15.4. The number of pyridine rings is 1. The summed E-state index contributed by atoms with van der Waals surface area (Å²) in [6.45, 7) is 2.99. The van der Waals surface area contributed by atoms with Gasteiger partial charge in [-0.3, -0.25) is 18.7 Å². The second-order valence-electron chi connectivity index (χ2n) is 7.51. The van der Waals surface area contributed by atoms with Crippen molar-refractivity contribution in [3.05, 3.63) is 56.9 Å². The molecule has 4 heterocycles. The van der Waals surface area contributed by atoms with Gasteiger partial charge in [-0.25, -0.2) is 14.8 Å². The smallest absolute Gasteiger partial charge is 0.332 e. The summed E-state index contributed by atoms with van der Waals surface area (Å²) in [6.07, 6.45) is 0. The minimum atomic E-state index is -0.501. The van der Waals surface area contributed by atoms with Crippen LogP contribution in [0.1, 0.15) is 10.5 Å². The largest absolute Gasteiger partial charge is 0.378 e. The first-order valence-electron chi connectivity index (χ1n) is 10.0. The Morgan fingerprint density at radius 3 is 2.62 bits per heavy atom. The molecule has 1 amide bonds. The highest BCUT2D eigenvalue weighted by Gasteiger charge is 2.17. The standard InChI is InChI=1S/C21H20N6O4S/c1-25-17-13(19(29)26(2)21(25)30)4-6-15(23-17)18(28)22-12-3-5-14-16(11-12)32-20(24-14)27-7-9-31-10-8-27/h3-6,11H,7-10H2,1-2H3,(H,22,28). The summed E-state index contributed by atoms with van der Waals surface area (Å²) >= 11 is 1.57. The van der Waals surface area contributed by atoms with Crippen LogP contribution in [0.5, 0.6) is 0 Å². The number of benzene rings is 1. The third kappa shape index (κ3) is 3.45. The fraction of sp³-hybridized carbons (Fsp3) is 0.286. The average molecular weight is 452 g/mol. The maximum Gasteiger partial charge on any atom is 0.332 e. The van der Waals surface area contributed by atoms with Gasteiger partial charge in [0, 0.05) is 32.9 Å². The summed E-state index contributed by atoms with van der Waals surface area (Å²) in [5, 5.41) is 4.04. The monoisotopic (exact) mass is 452 g/mol. The molecule has 3 aromatic heterocycles. The predicted octanol–water partition coefficient (Wildman–Crippen LogP) is 1.33. The number of ether oxygens (including phenoxy) is 1. The second-order valence-corrected chi connectivity index (χ2v) is 8.52. The van der Waals surface area contributed by atoms with E-state index in [9.17, 15) is 14.4 Å².